The number of Topliss-reactive ketones (excluding diaryl/α,β-unsaturated/α-hetero) is 1. The van der Waals surface area contributed by atoms with Gasteiger partial charge in [-0.1, -0.05) is 30.3 Å². The Morgan fingerprint density at radius 3 is 2.61 bits per heavy atom. The van der Waals surface area contributed by atoms with Crippen LogP contribution < -0.4 is 4.74 Å². The summed E-state index contributed by atoms with van der Waals surface area (Å²) in [5, 5.41) is 0. The third kappa shape index (κ3) is 1.68. The van der Waals surface area contributed by atoms with Gasteiger partial charge < -0.3 is 4.74 Å². The summed E-state index contributed by atoms with van der Waals surface area (Å²) in [6.07, 6.45) is 0. The molecule has 0 spiro atoms. The highest BCUT2D eigenvalue weighted by Gasteiger charge is 2.31. The van der Waals surface area contributed by atoms with Gasteiger partial charge in [-0.25, -0.2) is 4.39 Å². The number of carbonyl (C=O) groups excluding carboxylic acids is 1. The molecule has 0 fully saturated rings. The Morgan fingerprint density at radius 2 is 1.78 bits per heavy atom. The van der Waals surface area contributed by atoms with Crippen molar-refractivity contribution in [2.24, 2.45) is 0 Å². The van der Waals surface area contributed by atoms with Gasteiger partial charge in [0.25, 0.3) is 0 Å². The summed E-state index contributed by atoms with van der Waals surface area (Å²) in [6.45, 7) is 0.191. The zero-order valence-corrected chi connectivity index (χ0v) is 9.60. The van der Waals surface area contributed by atoms with Gasteiger partial charge in [-0.3, -0.25) is 4.79 Å². The average molecular weight is 242 g/mol. The van der Waals surface area contributed by atoms with E-state index in [1.807, 2.05) is 6.07 Å². The van der Waals surface area contributed by atoms with Crippen molar-refractivity contribution in [2.45, 2.75) is 5.92 Å². The first-order chi connectivity index (χ1) is 8.77. The maximum Gasteiger partial charge on any atom is 0.177 e. The zero-order chi connectivity index (χ0) is 12.5. The summed E-state index contributed by atoms with van der Waals surface area (Å²) in [5.41, 5.74) is 0.925. The summed E-state index contributed by atoms with van der Waals surface area (Å²) in [4.78, 5) is 12.3. The first-order valence-corrected chi connectivity index (χ1v) is 5.78. The number of rotatable bonds is 1. The lowest BCUT2D eigenvalue weighted by molar-refractivity contribution is 0.0893. The molecule has 0 aromatic heterocycles. The van der Waals surface area contributed by atoms with Crippen LogP contribution in [0.5, 0.6) is 5.75 Å². The molecule has 1 aliphatic heterocycles. The average Bonchev–Trinajstić information content (AvgIpc) is 2.41. The molecule has 1 aliphatic rings. The molecule has 0 saturated carbocycles. The quantitative estimate of drug-likeness (QED) is 0.767. The van der Waals surface area contributed by atoms with Crippen molar-refractivity contribution in [2.75, 3.05) is 6.61 Å². The molecule has 0 saturated heterocycles. The normalized spacial score (nSPS) is 18.1. The molecule has 3 rings (SSSR count). The van der Waals surface area contributed by atoms with Crippen LogP contribution >= 0.6 is 0 Å². The number of fused-ring (bicyclic) bond motifs is 1. The lowest BCUT2D eigenvalue weighted by atomic mass is 9.89. The molecule has 1 atom stereocenters. The summed E-state index contributed by atoms with van der Waals surface area (Å²) >= 11 is 0. The minimum Gasteiger partial charge on any atom is -0.492 e. The van der Waals surface area contributed by atoms with Gasteiger partial charge in [0.15, 0.2) is 5.78 Å². The molecule has 18 heavy (non-hydrogen) atoms. The number of hydrogen-bond acceptors (Lipinski definition) is 2. The van der Waals surface area contributed by atoms with Crippen LogP contribution in [0.25, 0.3) is 0 Å². The molecule has 0 N–H and O–H groups in total. The Bertz CT molecular complexity index is 607. The van der Waals surface area contributed by atoms with Crippen molar-refractivity contribution in [3.05, 3.63) is 65.5 Å². The molecular formula is C15H11FO2. The molecule has 0 aliphatic carbocycles. The summed E-state index contributed by atoms with van der Waals surface area (Å²) < 4.78 is 19.2. The molecule has 3 heteroatoms. The maximum absolute atomic E-state index is 13.7. The van der Waals surface area contributed by atoms with Gasteiger partial charge in [0.2, 0.25) is 0 Å². The lowest BCUT2D eigenvalue weighted by Gasteiger charge is -2.24. The van der Waals surface area contributed by atoms with Crippen LogP contribution in [-0.4, -0.2) is 12.4 Å². The van der Waals surface area contributed by atoms with Gasteiger partial charge in [0.05, 0.1) is 11.5 Å². The highest BCUT2D eigenvalue weighted by molar-refractivity contribution is 6.04. The molecule has 2 aromatic rings. The first-order valence-electron chi connectivity index (χ1n) is 5.78. The van der Waals surface area contributed by atoms with Gasteiger partial charge in [0.1, 0.15) is 18.2 Å². The predicted octanol–water partition coefficient (Wildman–Crippen LogP) is 3.18. The Morgan fingerprint density at radius 1 is 1.06 bits per heavy atom. The summed E-state index contributed by atoms with van der Waals surface area (Å²) in [5.74, 6) is -0.419. The van der Waals surface area contributed by atoms with Crippen molar-refractivity contribution in [3.63, 3.8) is 0 Å². The van der Waals surface area contributed by atoms with Crippen molar-refractivity contribution >= 4 is 5.78 Å². The number of ketones is 1. The highest BCUT2D eigenvalue weighted by atomic mass is 19.1. The topological polar surface area (TPSA) is 26.3 Å². The smallest absolute Gasteiger partial charge is 0.177 e. The molecule has 0 bridgehead atoms. The van der Waals surface area contributed by atoms with Crippen molar-refractivity contribution in [3.8, 4) is 5.75 Å². The molecule has 1 unspecified atom stereocenters. The third-order valence-corrected chi connectivity index (χ3v) is 3.16. The molecule has 0 radical (unpaired) electrons. The van der Waals surface area contributed by atoms with Crippen LogP contribution in [0.1, 0.15) is 21.8 Å². The van der Waals surface area contributed by atoms with E-state index in [1.165, 1.54) is 6.07 Å². The SMILES string of the molecule is O=C1c2ccccc2OCC1c1ccccc1F. The van der Waals surface area contributed by atoms with Crippen LogP contribution in [0.4, 0.5) is 4.39 Å². The van der Waals surface area contributed by atoms with E-state index in [-0.39, 0.29) is 18.2 Å². The third-order valence-electron chi connectivity index (χ3n) is 3.16. The van der Waals surface area contributed by atoms with E-state index in [9.17, 15) is 9.18 Å². The van der Waals surface area contributed by atoms with Gasteiger partial charge in [-0.2, -0.15) is 0 Å². The van der Waals surface area contributed by atoms with Gasteiger partial charge >= 0.3 is 0 Å². The maximum atomic E-state index is 13.7. The van der Waals surface area contributed by atoms with Crippen molar-refractivity contribution < 1.29 is 13.9 Å². The fourth-order valence-corrected chi connectivity index (χ4v) is 2.22. The van der Waals surface area contributed by atoms with Crippen molar-refractivity contribution in [1.82, 2.24) is 0 Å². The molecule has 2 nitrogen and oxygen atoms in total. The Labute approximate surface area is 104 Å². The standard InChI is InChI=1S/C15H11FO2/c16-13-7-3-1-5-10(13)12-9-18-14-8-4-2-6-11(14)15(12)17/h1-8,12H,9H2. The van der Waals surface area contributed by atoms with Crippen LogP contribution in [-0.2, 0) is 0 Å². The second-order valence-corrected chi connectivity index (χ2v) is 4.25. The molecule has 1 heterocycles. The minimum atomic E-state index is -0.555. The number of hydrogen-bond donors (Lipinski definition) is 0. The highest BCUT2D eigenvalue weighted by Crippen LogP contribution is 2.32. The van der Waals surface area contributed by atoms with E-state index >= 15 is 0 Å². The Kier molecular flexibility index (Phi) is 2.59. The fourth-order valence-electron chi connectivity index (χ4n) is 2.22. The molecule has 90 valence electrons. The fraction of sp³-hybridized carbons (Fsp3) is 0.133. The van der Waals surface area contributed by atoms with Crippen LogP contribution in [0.2, 0.25) is 0 Å². The summed E-state index contributed by atoms with van der Waals surface area (Å²) in [6, 6.07) is 13.4. The number of para-hydroxylation sites is 1. The molecule has 2 aromatic carbocycles. The number of carbonyl (C=O) groups is 1. The zero-order valence-electron chi connectivity index (χ0n) is 9.60. The minimum absolute atomic E-state index is 0.0815. The second kappa shape index (κ2) is 4.26. The van der Waals surface area contributed by atoms with E-state index in [0.717, 1.165) is 0 Å². The molecular weight excluding hydrogens is 231 g/mol. The molecule has 0 amide bonds. The Balaban J connectivity index is 2.03. The Hall–Kier alpha value is -2.16. The number of halogens is 1. The monoisotopic (exact) mass is 242 g/mol. The number of ether oxygens (including phenoxy) is 1. The van der Waals surface area contributed by atoms with Gasteiger partial charge in [-0.05, 0) is 18.2 Å². The first kappa shape index (κ1) is 11.0. The van der Waals surface area contributed by atoms with E-state index in [2.05, 4.69) is 0 Å². The van der Waals surface area contributed by atoms with Crippen LogP contribution in [0.15, 0.2) is 48.5 Å². The largest absolute Gasteiger partial charge is 0.492 e. The summed E-state index contributed by atoms with van der Waals surface area (Å²) in [7, 11) is 0. The van der Waals surface area contributed by atoms with Gasteiger partial charge in [0, 0.05) is 5.56 Å². The van der Waals surface area contributed by atoms with E-state index in [1.54, 1.807) is 36.4 Å². The van der Waals surface area contributed by atoms with Crippen molar-refractivity contribution in [1.29, 1.82) is 0 Å². The lowest BCUT2D eigenvalue weighted by Crippen LogP contribution is -2.26. The predicted molar refractivity (Wildman–Crippen MR) is 65.4 cm³/mol. The van der Waals surface area contributed by atoms with E-state index < -0.39 is 5.92 Å². The van der Waals surface area contributed by atoms with Gasteiger partial charge in [-0.15, -0.1) is 0 Å². The van der Waals surface area contributed by atoms with E-state index in [4.69, 9.17) is 4.74 Å². The van der Waals surface area contributed by atoms with Crippen LogP contribution in [0.3, 0.4) is 0 Å². The number of benzene rings is 2. The van der Waals surface area contributed by atoms with E-state index in [0.29, 0.717) is 16.9 Å². The van der Waals surface area contributed by atoms with Crippen LogP contribution in [0, 0.1) is 5.82 Å². The second-order valence-electron chi connectivity index (χ2n) is 4.25.